The van der Waals surface area contributed by atoms with E-state index in [-0.39, 0.29) is 10.7 Å². The number of pyridine rings is 1. The van der Waals surface area contributed by atoms with Crippen LogP contribution in [0.2, 0.25) is 4.34 Å². The summed E-state index contributed by atoms with van der Waals surface area (Å²) in [5.41, 5.74) is -1.14. The van der Waals surface area contributed by atoms with E-state index >= 15 is 0 Å². The molecule has 0 radical (unpaired) electrons. The highest BCUT2D eigenvalue weighted by Crippen LogP contribution is 2.37. The molecule has 21 heavy (non-hydrogen) atoms. The molecular formula is C13H8ClF3N2S2. The zero-order chi connectivity index (χ0) is 15.6. The van der Waals surface area contributed by atoms with E-state index in [1.54, 1.807) is 18.2 Å². The van der Waals surface area contributed by atoms with Gasteiger partial charge in [0.15, 0.2) is 0 Å². The summed E-state index contributed by atoms with van der Waals surface area (Å²) in [4.78, 5) is 4.96. The monoisotopic (exact) mass is 348 g/mol. The normalized spacial score (nSPS) is 11.4. The summed E-state index contributed by atoms with van der Waals surface area (Å²) in [6, 6.07) is 6.03. The highest BCUT2D eigenvalue weighted by molar-refractivity contribution is 7.98. The second kappa shape index (κ2) is 6.26. The fourth-order valence-electron chi connectivity index (χ4n) is 1.65. The van der Waals surface area contributed by atoms with Crippen LogP contribution in [0.5, 0.6) is 0 Å². The zero-order valence-electron chi connectivity index (χ0n) is 10.7. The molecule has 2 nitrogen and oxygen atoms in total. The Balaban J connectivity index is 2.35. The zero-order valence-corrected chi connectivity index (χ0v) is 13.1. The summed E-state index contributed by atoms with van der Waals surface area (Å²) in [6.45, 7) is 1.47. The number of thiophene rings is 1. The third kappa shape index (κ3) is 3.90. The van der Waals surface area contributed by atoms with Crippen LogP contribution < -0.4 is 0 Å². The summed E-state index contributed by atoms with van der Waals surface area (Å²) in [5.74, 6) is 0.416. The van der Waals surface area contributed by atoms with Crippen LogP contribution in [0, 0.1) is 18.3 Å². The number of halogens is 4. The van der Waals surface area contributed by atoms with Gasteiger partial charge in [-0.2, -0.15) is 18.4 Å². The van der Waals surface area contributed by atoms with E-state index < -0.39 is 17.3 Å². The number of thioether (sulfide) groups is 1. The largest absolute Gasteiger partial charge is 0.417 e. The van der Waals surface area contributed by atoms with Crippen molar-refractivity contribution < 1.29 is 13.2 Å². The maximum Gasteiger partial charge on any atom is 0.417 e. The molecule has 0 unspecified atom stereocenters. The van der Waals surface area contributed by atoms with E-state index in [0.717, 1.165) is 22.7 Å². The molecule has 0 atom stereocenters. The predicted octanol–water partition coefficient (Wildman–Crippen LogP) is 5.29. The molecule has 0 bridgehead atoms. The lowest BCUT2D eigenvalue weighted by atomic mass is 10.1. The molecular weight excluding hydrogens is 341 g/mol. The minimum Gasteiger partial charge on any atom is -0.245 e. The van der Waals surface area contributed by atoms with Gasteiger partial charge < -0.3 is 0 Å². The van der Waals surface area contributed by atoms with Crippen LogP contribution in [0.1, 0.15) is 21.7 Å². The number of rotatable bonds is 3. The lowest BCUT2D eigenvalue weighted by molar-refractivity contribution is -0.138. The summed E-state index contributed by atoms with van der Waals surface area (Å²) < 4.78 is 39.5. The van der Waals surface area contributed by atoms with Crippen LogP contribution in [-0.4, -0.2) is 4.98 Å². The second-order valence-electron chi connectivity index (χ2n) is 4.10. The van der Waals surface area contributed by atoms with Gasteiger partial charge >= 0.3 is 6.18 Å². The predicted molar refractivity (Wildman–Crippen MR) is 77.6 cm³/mol. The van der Waals surface area contributed by atoms with Gasteiger partial charge in [0.2, 0.25) is 0 Å². The van der Waals surface area contributed by atoms with Crippen LogP contribution >= 0.6 is 34.7 Å². The van der Waals surface area contributed by atoms with Crippen molar-refractivity contribution in [2.75, 3.05) is 0 Å². The molecule has 2 rings (SSSR count). The molecule has 0 aliphatic heterocycles. The summed E-state index contributed by atoms with van der Waals surface area (Å²) in [6.07, 6.45) is -4.57. The lowest BCUT2D eigenvalue weighted by Gasteiger charge is -2.12. The fourth-order valence-corrected chi connectivity index (χ4v) is 3.83. The van der Waals surface area contributed by atoms with Crippen LogP contribution in [0.3, 0.4) is 0 Å². The standard InChI is InChI=1S/C13H8ClF3N2S2/c1-7-4-10(13(15,16)17)9(5-18)12(19-7)20-6-8-2-3-11(14)21-8/h2-4H,6H2,1H3. The average molecular weight is 349 g/mol. The van der Waals surface area contributed by atoms with Crippen LogP contribution in [0.4, 0.5) is 13.2 Å². The molecule has 8 heteroatoms. The molecule has 0 saturated carbocycles. The van der Waals surface area contributed by atoms with Crippen LogP contribution in [0.25, 0.3) is 0 Å². The fraction of sp³-hybridized carbons (Fsp3) is 0.231. The average Bonchev–Trinajstić information content (AvgIpc) is 2.80. The molecule has 110 valence electrons. The molecule has 0 saturated heterocycles. The Hall–Kier alpha value is -1.23. The first-order valence-electron chi connectivity index (χ1n) is 5.67. The Morgan fingerprint density at radius 1 is 1.43 bits per heavy atom. The molecule has 0 aliphatic carbocycles. The number of nitriles is 1. The van der Waals surface area contributed by atoms with Crippen molar-refractivity contribution in [3.8, 4) is 6.07 Å². The number of aryl methyl sites for hydroxylation is 1. The quantitative estimate of drug-likeness (QED) is 0.707. The summed E-state index contributed by atoms with van der Waals surface area (Å²) >= 11 is 8.25. The van der Waals surface area contributed by atoms with E-state index in [1.165, 1.54) is 18.3 Å². The van der Waals surface area contributed by atoms with Crippen molar-refractivity contribution >= 4 is 34.7 Å². The minimum absolute atomic E-state index is 0.0920. The Labute approximate surface area is 132 Å². The van der Waals surface area contributed by atoms with E-state index in [4.69, 9.17) is 16.9 Å². The maximum absolute atomic E-state index is 13.0. The maximum atomic E-state index is 13.0. The Morgan fingerprint density at radius 3 is 2.67 bits per heavy atom. The molecule has 0 N–H and O–H groups in total. The minimum atomic E-state index is -4.57. The van der Waals surface area contributed by atoms with Gasteiger partial charge in [0.25, 0.3) is 0 Å². The summed E-state index contributed by atoms with van der Waals surface area (Å²) in [7, 11) is 0. The number of hydrogen-bond acceptors (Lipinski definition) is 4. The van der Waals surface area contributed by atoms with E-state index in [1.807, 2.05) is 0 Å². The molecule has 0 amide bonds. The molecule has 0 aromatic carbocycles. The highest BCUT2D eigenvalue weighted by Gasteiger charge is 2.35. The smallest absolute Gasteiger partial charge is 0.245 e. The Morgan fingerprint density at radius 2 is 2.14 bits per heavy atom. The van der Waals surface area contributed by atoms with Gasteiger partial charge in [-0.1, -0.05) is 23.4 Å². The highest BCUT2D eigenvalue weighted by atomic mass is 35.5. The van der Waals surface area contributed by atoms with Gasteiger partial charge in [0.05, 0.1) is 15.5 Å². The van der Waals surface area contributed by atoms with Crippen molar-refractivity contribution in [2.24, 2.45) is 0 Å². The first-order chi connectivity index (χ1) is 9.81. The molecule has 2 heterocycles. The molecule has 2 aromatic rings. The second-order valence-corrected chi connectivity index (χ2v) is 6.86. The van der Waals surface area contributed by atoms with E-state index in [0.29, 0.717) is 10.1 Å². The SMILES string of the molecule is Cc1cc(C(F)(F)F)c(C#N)c(SCc2ccc(Cl)s2)n1. The molecule has 0 aliphatic rings. The van der Waals surface area contributed by atoms with Gasteiger partial charge in [-0.3, -0.25) is 0 Å². The lowest BCUT2D eigenvalue weighted by Crippen LogP contribution is -2.10. The number of nitrogens with zero attached hydrogens (tertiary/aromatic N) is 2. The molecule has 0 fully saturated rings. The van der Waals surface area contributed by atoms with Gasteiger partial charge in [0.1, 0.15) is 11.1 Å². The topological polar surface area (TPSA) is 36.7 Å². The summed E-state index contributed by atoms with van der Waals surface area (Å²) in [5, 5.41) is 9.12. The first kappa shape index (κ1) is 16.1. The van der Waals surface area contributed by atoms with Gasteiger partial charge in [-0.15, -0.1) is 11.3 Å². The number of alkyl halides is 3. The van der Waals surface area contributed by atoms with Gasteiger partial charge in [-0.25, -0.2) is 4.98 Å². The molecule has 0 spiro atoms. The number of hydrogen-bond donors (Lipinski definition) is 0. The van der Waals surface area contributed by atoms with Crippen molar-refractivity contribution in [2.45, 2.75) is 23.9 Å². The van der Waals surface area contributed by atoms with E-state index in [2.05, 4.69) is 4.98 Å². The Bertz CT molecular complexity index is 704. The molecule has 2 aromatic heterocycles. The van der Waals surface area contributed by atoms with Crippen molar-refractivity contribution in [1.29, 1.82) is 5.26 Å². The third-order valence-electron chi connectivity index (χ3n) is 2.51. The number of aromatic nitrogens is 1. The van der Waals surface area contributed by atoms with Crippen molar-refractivity contribution in [3.05, 3.63) is 44.2 Å². The van der Waals surface area contributed by atoms with Crippen molar-refractivity contribution in [3.63, 3.8) is 0 Å². The van der Waals surface area contributed by atoms with Crippen LogP contribution in [0.15, 0.2) is 23.2 Å². The third-order valence-corrected chi connectivity index (χ3v) is 4.95. The van der Waals surface area contributed by atoms with Crippen LogP contribution in [-0.2, 0) is 11.9 Å². The van der Waals surface area contributed by atoms with Gasteiger partial charge in [0, 0.05) is 16.3 Å². The Kier molecular flexibility index (Phi) is 4.81. The van der Waals surface area contributed by atoms with E-state index in [9.17, 15) is 13.2 Å². The van der Waals surface area contributed by atoms with Crippen molar-refractivity contribution in [1.82, 2.24) is 4.98 Å². The van der Waals surface area contributed by atoms with Gasteiger partial charge in [-0.05, 0) is 25.1 Å². The first-order valence-corrected chi connectivity index (χ1v) is 7.85.